The van der Waals surface area contributed by atoms with Gasteiger partial charge in [-0.15, -0.1) is 0 Å². The highest BCUT2D eigenvalue weighted by Crippen LogP contribution is 2.32. The molecule has 17 heavy (non-hydrogen) atoms. The molecule has 1 aliphatic heterocycles. The molecule has 0 aliphatic carbocycles. The van der Waals surface area contributed by atoms with Gasteiger partial charge in [0.05, 0.1) is 0 Å². The molecule has 0 amide bonds. The first-order valence-electron chi connectivity index (χ1n) is 6.50. The van der Waals surface area contributed by atoms with Crippen LogP contribution in [0, 0.1) is 25.7 Å². The summed E-state index contributed by atoms with van der Waals surface area (Å²) in [4.78, 5) is 0. The van der Waals surface area contributed by atoms with Gasteiger partial charge in [-0.1, -0.05) is 25.1 Å². The standard InChI is InChI=1S/C15H23NO/c1-10-4-5-13(8-11(10)2)15(16)14-6-7-17-9-12(14)3/h4-5,8,12,14-15H,6-7,9,16H2,1-3H3. The van der Waals surface area contributed by atoms with Crippen molar-refractivity contribution in [3.8, 4) is 0 Å². The van der Waals surface area contributed by atoms with Crippen molar-refractivity contribution in [1.82, 2.24) is 0 Å². The minimum Gasteiger partial charge on any atom is -0.381 e. The Kier molecular flexibility index (Phi) is 3.85. The lowest BCUT2D eigenvalue weighted by Crippen LogP contribution is -2.33. The van der Waals surface area contributed by atoms with Crippen LogP contribution in [0.1, 0.15) is 36.1 Å². The summed E-state index contributed by atoms with van der Waals surface area (Å²) in [5.41, 5.74) is 10.4. The van der Waals surface area contributed by atoms with Crippen LogP contribution in [0.4, 0.5) is 0 Å². The van der Waals surface area contributed by atoms with Crippen molar-refractivity contribution in [3.63, 3.8) is 0 Å². The van der Waals surface area contributed by atoms with Gasteiger partial charge in [-0.05, 0) is 48.8 Å². The summed E-state index contributed by atoms with van der Waals surface area (Å²) in [6.07, 6.45) is 1.08. The molecule has 1 aromatic rings. The molecular weight excluding hydrogens is 210 g/mol. The van der Waals surface area contributed by atoms with Crippen LogP contribution in [-0.4, -0.2) is 13.2 Å². The van der Waals surface area contributed by atoms with Gasteiger partial charge in [0, 0.05) is 19.3 Å². The Hall–Kier alpha value is -0.860. The molecule has 0 aromatic heterocycles. The number of rotatable bonds is 2. The summed E-state index contributed by atoms with van der Waals surface area (Å²) in [7, 11) is 0. The zero-order chi connectivity index (χ0) is 12.4. The summed E-state index contributed by atoms with van der Waals surface area (Å²) in [5, 5.41) is 0. The smallest absolute Gasteiger partial charge is 0.0494 e. The van der Waals surface area contributed by atoms with Gasteiger partial charge in [-0.2, -0.15) is 0 Å². The van der Waals surface area contributed by atoms with Crippen LogP contribution in [0.3, 0.4) is 0 Å². The van der Waals surface area contributed by atoms with Gasteiger partial charge >= 0.3 is 0 Å². The van der Waals surface area contributed by atoms with E-state index in [0.29, 0.717) is 11.8 Å². The molecule has 1 heterocycles. The van der Waals surface area contributed by atoms with E-state index in [0.717, 1.165) is 19.6 Å². The van der Waals surface area contributed by atoms with Crippen molar-refractivity contribution in [1.29, 1.82) is 0 Å². The van der Waals surface area contributed by atoms with Gasteiger partial charge in [-0.3, -0.25) is 0 Å². The predicted octanol–water partition coefficient (Wildman–Crippen LogP) is 2.98. The molecule has 0 spiro atoms. The molecule has 1 saturated heterocycles. The second-order valence-corrected chi connectivity index (χ2v) is 5.37. The average molecular weight is 233 g/mol. The molecule has 0 saturated carbocycles. The van der Waals surface area contributed by atoms with Gasteiger partial charge in [0.1, 0.15) is 0 Å². The zero-order valence-electron chi connectivity index (χ0n) is 11.1. The van der Waals surface area contributed by atoms with E-state index in [1.165, 1.54) is 16.7 Å². The molecule has 0 radical (unpaired) electrons. The Balaban J connectivity index is 2.17. The van der Waals surface area contributed by atoms with E-state index < -0.39 is 0 Å². The van der Waals surface area contributed by atoms with Crippen molar-refractivity contribution in [2.75, 3.05) is 13.2 Å². The monoisotopic (exact) mass is 233 g/mol. The van der Waals surface area contributed by atoms with Crippen LogP contribution in [0.15, 0.2) is 18.2 Å². The predicted molar refractivity (Wildman–Crippen MR) is 70.9 cm³/mol. The van der Waals surface area contributed by atoms with E-state index in [2.05, 4.69) is 39.0 Å². The molecule has 2 nitrogen and oxygen atoms in total. The van der Waals surface area contributed by atoms with E-state index in [9.17, 15) is 0 Å². The van der Waals surface area contributed by atoms with Crippen LogP contribution in [0.2, 0.25) is 0 Å². The first-order valence-corrected chi connectivity index (χ1v) is 6.50. The Bertz CT molecular complexity index is 389. The quantitative estimate of drug-likeness (QED) is 0.852. The van der Waals surface area contributed by atoms with Crippen molar-refractivity contribution in [3.05, 3.63) is 34.9 Å². The fraction of sp³-hybridized carbons (Fsp3) is 0.600. The van der Waals surface area contributed by atoms with Crippen LogP contribution in [0.5, 0.6) is 0 Å². The summed E-state index contributed by atoms with van der Waals surface area (Å²) in [6, 6.07) is 6.74. The Morgan fingerprint density at radius 2 is 2.06 bits per heavy atom. The van der Waals surface area contributed by atoms with E-state index in [-0.39, 0.29) is 6.04 Å². The normalized spacial score (nSPS) is 26.8. The van der Waals surface area contributed by atoms with Crippen LogP contribution >= 0.6 is 0 Å². The fourth-order valence-electron chi connectivity index (χ4n) is 2.65. The van der Waals surface area contributed by atoms with E-state index in [1.807, 2.05) is 0 Å². The molecule has 94 valence electrons. The SMILES string of the molecule is Cc1ccc(C(N)C2CCOCC2C)cc1C. The lowest BCUT2D eigenvalue weighted by molar-refractivity contribution is 0.0154. The van der Waals surface area contributed by atoms with Gasteiger partial charge in [0.15, 0.2) is 0 Å². The summed E-state index contributed by atoms with van der Waals surface area (Å²) >= 11 is 0. The Morgan fingerprint density at radius 3 is 2.71 bits per heavy atom. The lowest BCUT2D eigenvalue weighted by Gasteiger charge is -2.33. The molecule has 1 fully saturated rings. The summed E-state index contributed by atoms with van der Waals surface area (Å²) in [5.74, 6) is 1.10. The van der Waals surface area contributed by atoms with Crippen molar-refractivity contribution in [2.45, 2.75) is 33.2 Å². The minimum absolute atomic E-state index is 0.146. The third-order valence-corrected chi connectivity index (χ3v) is 4.08. The highest BCUT2D eigenvalue weighted by atomic mass is 16.5. The first-order chi connectivity index (χ1) is 8.09. The second kappa shape index (κ2) is 5.19. The highest BCUT2D eigenvalue weighted by Gasteiger charge is 2.28. The zero-order valence-corrected chi connectivity index (χ0v) is 11.1. The number of aryl methyl sites for hydroxylation is 2. The minimum atomic E-state index is 0.146. The molecule has 0 bridgehead atoms. The van der Waals surface area contributed by atoms with Crippen LogP contribution in [-0.2, 0) is 4.74 Å². The topological polar surface area (TPSA) is 35.2 Å². The molecular formula is C15H23NO. The number of hydrogen-bond donors (Lipinski definition) is 1. The van der Waals surface area contributed by atoms with Gasteiger partial charge < -0.3 is 10.5 Å². The largest absolute Gasteiger partial charge is 0.381 e. The molecule has 3 atom stereocenters. The fourth-order valence-corrected chi connectivity index (χ4v) is 2.65. The van der Waals surface area contributed by atoms with Crippen LogP contribution in [0.25, 0.3) is 0 Å². The second-order valence-electron chi connectivity index (χ2n) is 5.37. The number of benzene rings is 1. The van der Waals surface area contributed by atoms with Crippen LogP contribution < -0.4 is 5.73 Å². The van der Waals surface area contributed by atoms with Crippen molar-refractivity contribution < 1.29 is 4.74 Å². The third-order valence-electron chi connectivity index (χ3n) is 4.08. The first kappa shape index (κ1) is 12.6. The Labute approximate surface area is 104 Å². The maximum absolute atomic E-state index is 6.42. The maximum Gasteiger partial charge on any atom is 0.0494 e. The van der Waals surface area contributed by atoms with Gasteiger partial charge in [0.2, 0.25) is 0 Å². The highest BCUT2D eigenvalue weighted by molar-refractivity contribution is 5.32. The molecule has 2 N–H and O–H groups in total. The maximum atomic E-state index is 6.42. The molecule has 1 aliphatic rings. The van der Waals surface area contributed by atoms with Gasteiger partial charge in [0.25, 0.3) is 0 Å². The summed E-state index contributed by atoms with van der Waals surface area (Å²) < 4.78 is 5.49. The molecule has 2 rings (SSSR count). The molecule has 1 aromatic carbocycles. The Morgan fingerprint density at radius 1 is 1.29 bits per heavy atom. The van der Waals surface area contributed by atoms with E-state index in [1.54, 1.807) is 0 Å². The van der Waals surface area contributed by atoms with E-state index >= 15 is 0 Å². The van der Waals surface area contributed by atoms with Gasteiger partial charge in [-0.25, -0.2) is 0 Å². The third kappa shape index (κ3) is 2.70. The number of ether oxygens (including phenoxy) is 1. The molecule has 3 unspecified atom stereocenters. The van der Waals surface area contributed by atoms with Crippen molar-refractivity contribution in [2.24, 2.45) is 17.6 Å². The van der Waals surface area contributed by atoms with Crippen molar-refractivity contribution >= 4 is 0 Å². The number of hydrogen-bond acceptors (Lipinski definition) is 2. The van der Waals surface area contributed by atoms with E-state index in [4.69, 9.17) is 10.5 Å². The molecule has 2 heteroatoms. The number of nitrogens with two attached hydrogens (primary N) is 1. The average Bonchev–Trinajstić information content (AvgIpc) is 2.32. The lowest BCUT2D eigenvalue weighted by atomic mass is 9.80. The summed E-state index contributed by atoms with van der Waals surface area (Å²) in [6.45, 7) is 8.24.